The van der Waals surface area contributed by atoms with Crippen LogP contribution in [-0.2, 0) is 6.42 Å². The minimum Gasteiger partial charge on any atom is -0.508 e. The molecule has 74 valence electrons. The first kappa shape index (κ1) is 8.30. The molecule has 1 fully saturated rings. The second-order valence-corrected chi connectivity index (χ2v) is 4.86. The van der Waals surface area contributed by atoms with Crippen LogP contribution in [0.25, 0.3) is 0 Å². The van der Waals surface area contributed by atoms with Crippen LogP contribution in [-0.4, -0.2) is 10.6 Å². The zero-order chi connectivity index (χ0) is 9.76. The van der Waals surface area contributed by atoms with Crippen molar-refractivity contribution in [2.45, 2.75) is 37.1 Å². The third-order valence-corrected chi connectivity index (χ3v) is 3.76. The van der Waals surface area contributed by atoms with Crippen LogP contribution in [0, 0.1) is 0 Å². The Morgan fingerprint density at radius 1 is 1.43 bits per heavy atom. The summed E-state index contributed by atoms with van der Waals surface area (Å²) in [5, 5.41) is 9.45. The lowest BCUT2D eigenvalue weighted by atomic mass is 9.79. The standard InChI is InChI=1S/C12H15NO/c13-12-4-3-9(7-12)11-5-10(14)2-1-8(11)6-12/h1-2,5,9,14H,3-4,6-7,13H2/t9-,12+/m1/s1. The molecule has 3 rings (SSSR count). The molecule has 2 nitrogen and oxygen atoms in total. The molecule has 0 aliphatic heterocycles. The van der Waals surface area contributed by atoms with Gasteiger partial charge in [-0.3, -0.25) is 0 Å². The van der Waals surface area contributed by atoms with Crippen LogP contribution < -0.4 is 5.73 Å². The predicted octanol–water partition coefficient (Wildman–Crippen LogP) is 1.91. The van der Waals surface area contributed by atoms with Crippen LogP contribution in [0.5, 0.6) is 5.75 Å². The zero-order valence-corrected chi connectivity index (χ0v) is 8.16. The Morgan fingerprint density at radius 2 is 2.29 bits per heavy atom. The minimum absolute atomic E-state index is 0.0502. The third-order valence-electron chi connectivity index (χ3n) is 3.76. The van der Waals surface area contributed by atoms with Gasteiger partial charge in [0, 0.05) is 5.54 Å². The van der Waals surface area contributed by atoms with Crippen molar-refractivity contribution in [3.63, 3.8) is 0 Å². The third kappa shape index (κ3) is 1.07. The van der Waals surface area contributed by atoms with E-state index >= 15 is 0 Å². The summed E-state index contributed by atoms with van der Waals surface area (Å²) >= 11 is 0. The van der Waals surface area contributed by atoms with Gasteiger partial charge in [0.15, 0.2) is 0 Å². The van der Waals surface area contributed by atoms with Gasteiger partial charge in [-0.1, -0.05) is 6.07 Å². The average Bonchev–Trinajstić information content (AvgIpc) is 2.46. The molecular weight excluding hydrogens is 174 g/mol. The van der Waals surface area contributed by atoms with Gasteiger partial charge in [-0.15, -0.1) is 0 Å². The van der Waals surface area contributed by atoms with E-state index in [0.29, 0.717) is 11.7 Å². The average molecular weight is 189 g/mol. The monoisotopic (exact) mass is 189 g/mol. The van der Waals surface area contributed by atoms with Crippen molar-refractivity contribution in [3.05, 3.63) is 29.3 Å². The number of rotatable bonds is 0. The Bertz CT molecular complexity index is 388. The molecule has 0 saturated heterocycles. The quantitative estimate of drug-likeness (QED) is 0.655. The fourth-order valence-electron chi connectivity index (χ4n) is 3.09. The first-order valence-electron chi connectivity index (χ1n) is 5.27. The zero-order valence-electron chi connectivity index (χ0n) is 8.16. The van der Waals surface area contributed by atoms with E-state index in [0.717, 1.165) is 19.3 Å². The SMILES string of the molecule is N[C@]12CC[C@H](C1)c1cc(O)ccc1C2. The number of fused-ring (bicyclic) bond motifs is 4. The maximum atomic E-state index is 9.45. The summed E-state index contributed by atoms with van der Waals surface area (Å²) in [5.41, 5.74) is 9.02. The van der Waals surface area contributed by atoms with Gasteiger partial charge in [-0.2, -0.15) is 0 Å². The van der Waals surface area contributed by atoms with Gasteiger partial charge in [0.1, 0.15) is 5.75 Å². The highest BCUT2D eigenvalue weighted by molar-refractivity contribution is 5.42. The topological polar surface area (TPSA) is 46.2 Å². The van der Waals surface area contributed by atoms with Gasteiger partial charge in [-0.25, -0.2) is 0 Å². The summed E-state index contributed by atoms with van der Waals surface area (Å²) in [6.07, 6.45) is 4.41. The molecule has 3 N–H and O–H groups in total. The van der Waals surface area contributed by atoms with Gasteiger partial charge in [0.2, 0.25) is 0 Å². The van der Waals surface area contributed by atoms with E-state index in [9.17, 15) is 5.11 Å². The van der Waals surface area contributed by atoms with Gasteiger partial charge in [-0.05, 0) is 54.9 Å². The first-order chi connectivity index (χ1) is 6.66. The maximum absolute atomic E-state index is 9.45. The van der Waals surface area contributed by atoms with Gasteiger partial charge in [0.05, 0.1) is 0 Å². The van der Waals surface area contributed by atoms with Crippen molar-refractivity contribution in [1.29, 1.82) is 0 Å². The first-order valence-corrected chi connectivity index (χ1v) is 5.27. The molecule has 0 aromatic heterocycles. The lowest BCUT2D eigenvalue weighted by molar-refractivity contribution is 0.411. The molecule has 2 aliphatic rings. The predicted molar refractivity (Wildman–Crippen MR) is 55.3 cm³/mol. The maximum Gasteiger partial charge on any atom is 0.115 e. The molecule has 14 heavy (non-hydrogen) atoms. The number of hydrogen-bond acceptors (Lipinski definition) is 2. The molecule has 2 atom stereocenters. The summed E-state index contributed by atoms with van der Waals surface area (Å²) in [6.45, 7) is 0. The summed E-state index contributed by atoms with van der Waals surface area (Å²) in [7, 11) is 0. The van der Waals surface area contributed by atoms with Gasteiger partial charge >= 0.3 is 0 Å². The van der Waals surface area contributed by atoms with E-state index in [1.54, 1.807) is 6.07 Å². The molecule has 2 aliphatic carbocycles. The molecule has 0 amide bonds. The number of hydrogen-bond donors (Lipinski definition) is 2. The van der Waals surface area contributed by atoms with E-state index in [2.05, 4.69) is 0 Å². The molecule has 2 heteroatoms. The summed E-state index contributed by atoms with van der Waals surface area (Å²) in [5.74, 6) is 0.982. The Morgan fingerprint density at radius 3 is 3.14 bits per heavy atom. The molecular formula is C12H15NO. The minimum atomic E-state index is 0.0502. The van der Waals surface area contributed by atoms with Crippen molar-refractivity contribution in [2.24, 2.45) is 5.73 Å². The van der Waals surface area contributed by atoms with Crippen LogP contribution in [0.1, 0.15) is 36.3 Å². The molecule has 0 heterocycles. The Kier molecular flexibility index (Phi) is 1.49. The molecule has 1 saturated carbocycles. The molecule has 2 bridgehead atoms. The molecule has 1 aromatic rings. The van der Waals surface area contributed by atoms with Crippen LogP contribution in [0.3, 0.4) is 0 Å². The summed E-state index contributed by atoms with van der Waals surface area (Å²) in [4.78, 5) is 0. The van der Waals surface area contributed by atoms with E-state index in [1.807, 2.05) is 12.1 Å². The number of phenolic OH excluding ortho intramolecular Hbond substituents is 1. The van der Waals surface area contributed by atoms with Crippen molar-refractivity contribution in [2.75, 3.05) is 0 Å². The van der Waals surface area contributed by atoms with E-state index in [1.165, 1.54) is 17.5 Å². The Hall–Kier alpha value is -1.02. The summed E-state index contributed by atoms with van der Waals surface area (Å²) in [6, 6.07) is 5.72. The number of benzene rings is 1. The van der Waals surface area contributed by atoms with E-state index < -0.39 is 0 Å². The largest absolute Gasteiger partial charge is 0.508 e. The number of phenols is 1. The fraction of sp³-hybridized carbons (Fsp3) is 0.500. The molecule has 0 unspecified atom stereocenters. The second-order valence-electron chi connectivity index (χ2n) is 4.86. The van der Waals surface area contributed by atoms with Crippen molar-refractivity contribution in [1.82, 2.24) is 0 Å². The highest BCUT2D eigenvalue weighted by Gasteiger charge is 2.41. The van der Waals surface area contributed by atoms with Gasteiger partial charge < -0.3 is 10.8 Å². The van der Waals surface area contributed by atoms with Crippen molar-refractivity contribution >= 4 is 0 Å². The van der Waals surface area contributed by atoms with Crippen LogP contribution in [0.2, 0.25) is 0 Å². The lowest BCUT2D eigenvalue weighted by Crippen LogP contribution is -2.41. The van der Waals surface area contributed by atoms with E-state index in [-0.39, 0.29) is 5.54 Å². The number of aromatic hydroxyl groups is 1. The normalized spacial score (nSPS) is 34.2. The molecule has 0 spiro atoms. The van der Waals surface area contributed by atoms with Crippen molar-refractivity contribution < 1.29 is 5.11 Å². The highest BCUT2D eigenvalue weighted by atomic mass is 16.3. The highest BCUT2D eigenvalue weighted by Crippen LogP contribution is 2.47. The fourth-order valence-corrected chi connectivity index (χ4v) is 3.09. The van der Waals surface area contributed by atoms with Gasteiger partial charge in [0.25, 0.3) is 0 Å². The van der Waals surface area contributed by atoms with Crippen LogP contribution in [0.15, 0.2) is 18.2 Å². The Balaban J connectivity index is 2.12. The Labute approximate surface area is 83.7 Å². The lowest BCUT2D eigenvalue weighted by Gasteiger charge is -2.30. The van der Waals surface area contributed by atoms with Crippen molar-refractivity contribution in [3.8, 4) is 5.75 Å². The molecule has 1 aromatic carbocycles. The second kappa shape index (κ2) is 2.51. The van der Waals surface area contributed by atoms with Crippen LogP contribution in [0.4, 0.5) is 0 Å². The summed E-state index contributed by atoms with van der Waals surface area (Å²) < 4.78 is 0. The van der Waals surface area contributed by atoms with E-state index in [4.69, 9.17) is 5.73 Å². The van der Waals surface area contributed by atoms with Crippen LogP contribution >= 0.6 is 0 Å². The number of nitrogens with two attached hydrogens (primary N) is 1. The smallest absolute Gasteiger partial charge is 0.115 e. The molecule has 0 radical (unpaired) electrons.